The molecule has 6 heteroatoms. The average molecular weight is 435 g/mol. The van der Waals surface area contributed by atoms with Crippen molar-refractivity contribution in [2.45, 2.75) is 45.6 Å². The molecule has 32 heavy (non-hydrogen) atoms. The molecule has 166 valence electrons. The lowest BCUT2D eigenvalue weighted by Crippen LogP contribution is -2.37. The number of benzene rings is 2. The van der Waals surface area contributed by atoms with Crippen LogP contribution in [0.4, 0.5) is 4.39 Å². The molecule has 1 heterocycles. The lowest BCUT2D eigenvalue weighted by molar-refractivity contribution is -0.146. The van der Waals surface area contributed by atoms with Crippen molar-refractivity contribution in [3.8, 4) is 5.75 Å². The summed E-state index contributed by atoms with van der Waals surface area (Å²) in [5.41, 5.74) is 3.83. The number of esters is 1. The van der Waals surface area contributed by atoms with Crippen LogP contribution in [0.25, 0.3) is 0 Å². The monoisotopic (exact) mass is 435 g/mol. The largest absolute Gasteiger partial charge is 0.489 e. The molecule has 0 saturated heterocycles. The normalized spacial score (nSPS) is 20.5. The minimum Gasteiger partial charge on any atom is -0.489 e. The van der Waals surface area contributed by atoms with Gasteiger partial charge in [0.25, 0.3) is 0 Å². The molecule has 1 unspecified atom stereocenters. The van der Waals surface area contributed by atoms with Gasteiger partial charge in [-0.1, -0.05) is 24.3 Å². The van der Waals surface area contributed by atoms with Crippen LogP contribution in [-0.4, -0.2) is 24.1 Å². The number of allylic oxidation sites excluding steroid dienone is 2. The maximum Gasteiger partial charge on any atom is 0.315 e. The summed E-state index contributed by atoms with van der Waals surface area (Å²) in [6.45, 7) is 4.18. The molecule has 2 aromatic rings. The van der Waals surface area contributed by atoms with Crippen molar-refractivity contribution < 1.29 is 23.5 Å². The molecule has 0 aromatic heterocycles. The van der Waals surface area contributed by atoms with Gasteiger partial charge in [0, 0.05) is 29.3 Å². The molecule has 0 spiro atoms. The maximum atomic E-state index is 13.1. The zero-order chi connectivity index (χ0) is 22.7. The quantitative estimate of drug-likeness (QED) is 0.589. The van der Waals surface area contributed by atoms with Gasteiger partial charge in [-0.05, 0) is 62.1 Å². The fourth-order valence-corrected chi connectivity index (χ4v) is 4.42. The van der Waals surface area contributed by atoms with Gasteiger partial charge in [0.15, 0.2) is 5.78 Å². The third kappa shape index (κ3) is 4.49. The van der Waals surface area contributed by atoms with Gasteiger partial charge in [0.2, 0.25) is 0 Å². The van der Waals surface area contributed by atoms with Crippen LogP contribution in [0, 0.1) is 11.7 Å². The van der Waals surface area contributed by atoms with Crippen LogP contribution in [0.2, 0.25) is 0 Å². The van der Waals surface area contributed by atoms with Crippen molar-refractivity contribution in [1.82, 2.24) is 0 Å². The van der Waals surface area contributed by atoms with Gasteiger partial charge in [0.05, 0.1) is 6.61 Å². The lowest BCUT2D eigenvalue weighted by Gasteiger charge is -2.34. The summed E-state index contributed by atoms with van der Waals surface area (Å²) in [4.78, 5) is 30.3. The van der Waals surface area contributed by atoms with E-state index >= 15 is 0 Å². The second-order valence-electron chi connectivity index (χ2n) is 8.08. The Labute approximate surface area is 187 Å². The second kappa shape index (κ2) is 9.47. The van der Waals surface area contributed by atoms with Crippen LogP contribution in [0.1, 0.15) is 50.2 Å². The van der Waals surface area contributed by atoms with Gasteiger partial charge >= 0.3 is 5.97 Å². The summed E-state index contributed by atoms with van der Waals surface area (Å²) in [6.07, 6.45) is 1.99. The van der Waals surface area contributed by atoms with Crippen molar-refractivity contribution in [3.63, 3.8) is 0 Å². The number of carbonyl (C=O) groups excluding carboxylic acids is 2. The lowest BCUT2D eigenvalue weighted by atomic mass is 9.72. The van der Waals surface area contributed by atoms with E-state index in [9.17, 15) is 14.0 Å². The van der Waals surface area contributed by atoms with Gasteiger partial charge in [-0.15, -0.1) is 0 Å². The summed E-state index contributed by atoms with van der Waals surface area (Å²) in [5, 5.41) is 0. The van der Waals surface area contributed by atoms with Gasteiger partial charge in [-0.25, -0.2) is 4.39 Å². The molecule has 2 atom stereocenters. The Morgan fingerprint density at radius 2 is 1.81 bits per heavy atom. The molecule has 2 aromatic carbocycles. The van der Waals surface area contributed by atoms with Crippen molar-refractivity contribution in [2.24, 2.45) is 10.9 Å². The van der Waals surface area contributed by atoms with Crippen molar-refractivity contribution in [3.05, 3.63) is 76.7 Å². The molecule has 2 aliphatic rings. The Bertz CT molecular complexity index is 1070. The number of hydrogen-bond donors (Lipinski definition) is 0. The third-order valence-corrected chi connectivity index (χ3v) is 5.93. The highest BCUT2D eigenvalue weighted by atomic mass is 19.1. The first-order chi connectivity index (χ1) is 15.5. The number of nitrogens with zero attached hydrogens (tertiary/aromatic N) is 1. The summed E-state index contributed by atoms with van der Waals surface area (Å²) in [7, 11) is 0. The Hall–Kier alpha value is -3.28. The van der Waals surface area contributed by atoms with Crippen molar-refractivity contribution >= 4 is 17.5 Å². The van der Waals surface area contributed by atoms with E-state index in [0.717, 1.165) is 29.7 Å². The number of ketones is 1. The number of hydrogen-bond acceptors (Lipinski definition) is 5. The van der Waals surface area contributed by atoms with E-state index in [1.807, 2.05) is 31.2 Å². The molecule has 1 aliphatic carbocycles. The summed E-state index contributed by atoms with van der Waals surface area (Å²) in [5.74, 6) is -0.983. The number of halogens is 1. The fraction of sp³-hybridized carbons (Fsp3) is 0.346. The van der Waals surface area contributed by atoms with E-state index in [1.54, 1.807) is 19.1 Å². The minimum absolute atomic E-state index is 0.0541. The molecular formula is C26H26FNO4. The van der Waals surface area contributed by atoms with Crippen LogP contribution >= 0.6 is 0 Å². The standard InChI is InChI=1S/C26H26FNO4/c1-3-31-26(30)23-16(2)28-21-5-4-6-22(29)25(21)24(23)18-9-13-20(14-10-18)32-15-17-7-11-19(27)12-8-17/h7-14,23-24H,3-6,15H2,1-2H3/t23?,24-/m1/s1. The summed E-state index contributed by atoms with van der Waals surface area (Å²) >= 11 is 0. The Balaban J connectivity index is 1.61. The molecule has 0 amide bonds. The summed E-state index contributed by atoms with van der Waals surface area (Å²) in [6, 6.07) is 13.6. The SMILES string of the molecule is CCOC(=O)C1C(C)=NC2=C(C(=O)CCC2)[C@@H]1c1ccc(OCc2ccc(F)cc2)cc1. The Morgan fingerprint density at radius 3 is 2.50 bits per heavy atom. The molecule has 0 bridgehead atoms. The van der Waals surface area contributed by atoms with Crippen LogP contribution in [-0.2, 0) is 20.9 Å². The van der Waals surface area contributed by atoms with Crippen LogP contribution in [0.15, 0.2) is 64.8 Å². The van der Waals surface area contributed by atoms with Gasteiger partial charge < -0.3 is 9.47 Å². The molecule has 5 nitrogen and oxygen atoms in total. The molecule has 1 aliphatic heterocycles. The highest BCUT2D eigenvalue weighted by Gasteiger charge is 2.43. The molecule has 0 N–H and O–H groups in total. The first-order valence-electron chi connectivity index (χ1n) is 10.9. The number of rotatable bonds is 6. The van der Waals surface area contributed by atoms with E-state index in [0.29, 0.717) is 30.1 Å². The first-order valence-corrected chi connectivity index (χ1v) is 10.9. The molecule has 0 fully saturated rings. The molecule has 0 radical (unpaired) electrons. The number of aliphatic imine (C=N–C) groups is 1. The van der Waals surface area contributed by atoms with Gasteiger partial charge in [0.1, 0.15) is 24.1 Å². The Kier molecular flexibility index (Phi) is 6.49. The van der Waals surface area contributed by atoms with Crippen molar-refractivity contribution in [1.29, 1.82) is 0 Å². The van der Waals surface area contributed by atoms with Crippen LogP contribution in [0.5, 0.6) is 5.75 Å². The average Bonchev–Trinajstić information content (AvgIpc) is 2.78. The van der Waals surface area contributed by atoms with E-state index < -0.39 is 11.8 Å². The number of ether oxygens (including phenoxy) is 2. The zero-order valence-corrected chi connectivity index (χ0v) is 18.3. The second-order valence-corrected chi connectivity index (χ2v) is 8.08. The van der Waals surface area contributed by atoms with Gasteiger partial charge in [-0.3, -0.25) is 14.6 Å². The smallest absolute Gasteiger partial charge is 0.315 e. The molecule has 0 saturated carbocycles. The Morgan fingerprint density at radius 1 is 1.09 bits per heavy atom. The number of Topliss-reactive ketones (excluding diaryl/α,β-unsaturated/α-hetero) is 1. The first kappa shape index (κ1) is 21.9. The topological polar surface area (TPSA) is 65.0 Å². The van der Waals surface area contributed by atoms with E-state index in [1.165, 1.54) is 12.1 Å². The van der Waals surface area contributed by atoms with E-state index in [4.69, 9.17) is 9.47 Å². The minimum atomic E-state index is -0.623. The maximum absolute atomic E-state index is 13.1. The van der Waals surface area contributed by atoms with Crippen LogP contribution in [0.3, 0.4) is 0 Å². The molecular weight excluding hydrogens is 409 g/mol. The summed E-state index contributed by atoms with van der Waals surface area (Å²) < 4.78 is 24.2. The van der Waals surface area contributed by atoms with Gasteiger partial charge in [-0.2, -0.15) is 0 Å². The fourth-order valence-electron chi connectivity index (χ4n) is 4.42. The van der Waals surface area contributed by atoms with Crippen molar-refractivity contribution in [2.75, 3.05) is 6.61 Å². The predicted octanol–water partition coefficient (Wildman–Crippen LogP) is 5.15. The highest BCUT2D eigenvalue weighted by molar-refractivity contribution is 6.08. The van der Waals surface area contributed by atoms with E-state index in [2.05, 4.69) is 4.99 Å². The van der Waals surface area contributed by atoms with Crippen LogP contribution < -0.4 is 4.74 Å². The zero-order valence-electron chi connectivity index (χ0n) is 18.3. The highest BCUT2D eigenvalue weighted by Crippen LogP contribution is 2.43. The predicted molar refractivity (Wildman–Crippen MR) is 119 cm³/mol. The molecule has 4 rings (SSSR count). The van der Waals surface area contributed by atoms with E-state index in [-0.39, 0.29) is 24.2 Å². The third-order valence-electron chi connectivity index (χ3n) is 5.93. The number of carbonyl (C=O) groups is 2.